The molecule has 1 aromatic carbocycles. The fourth-order valence-corrected chi connectivity index (χ4v) is 3.08. The Kier molecular flexibility index (Phi) is 5.64. The smallest absolute Gasteiger partial charge is 0.123 e. The molecule has 0 amide bonds. The Hall–Kier alpha value is -0.410. The average Bonchev–Trinajstić information content (AvgIpc) is 2.87. The van der Waals surface area contributed by atoms with Gasteiger partial charge in [-0.05, 0) is 55.7 Å². The number of benzene rings is 1. The summed E-state index contributed by atoms with van der Waals surface area (Å²) in [4.78, 5) is 0. The lowest BCUT2D eigenvalue weighted by Crippen LogP contribution is -2.12. The van der Waals surface area contributed by atoms with Gasteiger partial charge in [-0.1, -0.05) is 28.1 Å². The quantitative estimate of drug-likeness (QED) is 0.710. The highest BCUT2D eigenvalue weighted by Crippen LogP contribution is 2.23. The van der Waals surface area contributed by atoms with Crippen LogP contribution in [0.25, 0.3) is 0 Å². The van der Waals surface area contributed by atoms with Gasteiger partial charge in [-0.15, -0.1) is 0 Å². The molecule has 2 unspecified atom stereocenters. The Morgan fingerprint density at radius 2 is 2.33 bits per heavy atom. The van der Waals surface area contributed by atoms with Crippen LogP contribution in [0.2, 0.25) is 0 Å². The van der Waals surface area contributed by atoms with Gasteiger partial charge in [0.1, 0.15) is 5.82 Å². The molecule has 0 spiro atoms. The lowest BCUT2D eigenvalue weighted by molar-refractivity contribution is 0.0989. The van der Waals surface area contributed by atoms with Crippen LogP contribution in [0.5, 0.6) is 0 Å². The van der Waals surface area contributed by atoms with E-state index >= 15 is 0 Å². The summed E-state index contributed by atoms with van der Waals surface area (Å²) in [5.41, 5.74) is 1.09. The molecule has 1 fully saturated rings. The van der Waals surface area contributed by atoms with E-state index in [0.717, 1.165) is 36.8 Å². The molecular weight excluding hydrogens is 295 g/mol. The van der Waals surface area contributed by atoms with Crippen LogP contribution in [-0.4, -0.2) is 18.0 Å². The number of ether oxygens (including phenoxy) is 1. The van der Waals surface area contributed by atoms with E-state index in [4.69, 9.17) is 4.74 Å². The van der Waals surface area contributed by atoms with Crippen molar-refractivity contribution in [3.05, 3.63) is 35.6 Å². The summed E-state index contributed by atoms with van der Waals surface area (Å²) < 4.78 is 18.8. The van der Waals surface area contributed by atoms with Gasteiger partial charge in [0.25, 0.3) is 0 Å². The van der Waals surface area contributed by atoms with E-state index in [2.05, 4.69) is 15.9 Å². The molecule has 0 bridgehead atoms. The SMILES string of the molecule is Fc1cccc(CC(CBr)CCC2CCCO2)c1. The molecule has 1 aliphatic rings. The van der Waals surface area contributed by atoms with Gasteiger partial charge in [-0.2, -0.15) is 0 Å². The topological polar surface area (TPSA) is 9.23 Å². The van der Waals surface area contributed by atoms with Gasteiger partial charge >= 0.3 is 0 Å². The zero-order valence-electron chi connectivity index (χ0n) is 10.6. The Bertz CT molecular complexity index is 363. The Morgan fingerprint density at radius 3 is 3.00 bits per heavy atom. The fourth-order valence-electron chi connectivity index (χ4n) is 2.52. The second-order valence-electron chi connectivity index (χ2n) is 5.07. The molecule has 0 aliphatic carbocycles. The summed E-state index contributed by atoms with van der Waals surface area (Å²) >= 11 is 3.57. The molecule has 1 aliphatic heterocycles. The first-order valence-corrected chi connectivity index (χ1v) is 7.82. The maximum atomic E-state index is 13.1. The van der Waals surface area contributed by atoms with Crippen molar-refractivity contribution in [3.8, 4) is 0 Å². The van der Waals surface area contributed by atoms with Gasteiger partial charge in [-0.3, -0.25) is 0 Å². The van der Waals surface area contributed by atoms with E-state index in [0.29, 0.717) is 12.0 Å². The highest BCUT2D eigenvalue weighted by molar-refractivity contribution is 9.09. The highest BCUT2D eigenvalue weighted by Gasteiger charge is 2.17. The molecule has 0 aromatic heterocycles. The average molecular weight is 315 g/mol. The molecule has 1 aromatic rings. The number of halogens is 2. The predicted octanol–water partition coefficient (Wildman–Crippen LogP) is 4.34. The number of hydrogen-bond donors (Lipinski definition) is 0. The van der Waals surface area contributed by atoms with Gasteiger partial charge in [0.05, 0.1) is 6.10 Å². The van der Waals surface area contributed by atoms with Crippen molar-refractivity contribution in [1.29, 1.82) is 0 Å². The monoisotopic (exact) mass is 314 g/mol. The van der Waals surface area contributed by atoms with Gasteiger partial charge in [0.15, 0.2) is 0 Å². The largest absolute Gasteiger partial charge is 0.378 e. The normalized spacial score (nSPS) is 21.1. The van der Waals surface area contributed by atoms with Gasteiger partial charge in [0.2, 0.25) is 0 Å². The maximum absolute atomic E-state index is 13.1. The lowest BCUT2D eigenvalue weighted by atomic mass is 9.94. The summed E-state index contributed by atoms with van der Waals surface area (Å²) in [5, 5.41) is 0.968. The summed E-state index contributed by atoms with van der Waals surface area (Å²) in [6, 6.07) is 6.93. The van der Waals surface area contributed by atoms with Crippen molar-refractivity contribution in [2.75, 3.05) is 11.9 Å². The minimum atomic E-state index is -0.139. The zero-order chi connectivity index (χ0) is 12.8. The first kappa shape index (κ1) is 14.0. The summed E-state index contributed by atoms with van der Waals surface area (Å²) in [5.74, 6) is 0.427. The molecule has 100 valence electrons. The first-order chi connectivity index (χ1) is 8.78. The molecule has 0 saturated carbocycles. The second kappa shape index (κ2) is 7.25. The maximum Gasteiger partial charge on any atom is 0.123 e. The first-order valence-electron chi connectivity index (χ1n) is 6.70. The molecule has 2 atom stereocenters. The van der Waals surface area contributed by atoms with Crippen molar-refractivity contribution in [3.63, 3.8) is 0 Å². The molecule has 1 nitrogen and oxygen atoms in total. The van der Waals surface area contributed by atoms with Crippen LogP contribution in [0, 0.1) is 11.7 Å². The summed E-state index contributed by atoms with van der Waals surface area (Å²) in [6.45, 7) is 0.924. The predicted molar refractivity (Wildman–Crippen MR) is 75.6 cm³/mol. The standard InChI is InChI=1S/C15H20BrFO/c16-11-13(6-7-15-5-2-8-18-15)9-12-3-1-4-14(17)10-12/h1,3-4,10,13,15H,2,5-9,11H2. The third kappa shape index (κ3) is 4.36. The Morgan fingerprint density at radius 1 is 1.44 bits per heavy atom. The van der Waals surface area contributed by atoms with E-state index in [1.54, 1.807) is 12.1 Å². The molecular formula is C15H20BrFO. The van der Waals surface area contributed by atoms with E-state index in [-0.39, 0.29) is 5.82 Å². The van der Waals surface area contributed by atoms with E-state index in [1.165, 1.54) is 18.9 Å². The zero-order valence-corrected chi connectivity index (χ0v) is 12.2. The number of alkyl halides is 1. The summed E-state index contributed by atoms with van der Waals surface area (Å²) in [7, 11) is 0. The highest BCUT2D eigenvalue weighted by atomic mass is 79.9. The van der Waals surface area contributed by atoms with E-state index < -0.39 is 0 Å². The van der Waals surface area contributed by atoms with Gasteiger partial charge in [0, 0.05) is 11.9 Å². The molecule has 3 heteroatoms. The number of hydrogen-bond acceptors (Lipinski definition) is 1. The third-order valence-electron chi connectivity index (χ3n) is 3.55. The van der Waals surface area contributed by atoms with Crippen LogP contribution in [-0.2, 0) is 11.2 Å². The fraction of sp³-hybridized carbons (Fsp3) is 0.600. The Balaban J connectivity index is 1.81. The molecule has 1 heterocycles. The van der Waals surface area contributed by atoms with Crippen molar-refractivity contribution < 1.29 is 9.13 Å². The van der Waals surface area contributed by atoms with Crippen molar-refractivity contribution in [1.82, 2.24) is 0 Å². The number of rotatable bonds is 6. The van der Waals surface area contributed by atoms with Crippen LogP contribution in [0.1, 0.15) is 31.2 Å². The van der Waals surface area contributed by atoms with Crippen LogP contribution in [0.15, 0.2) is 24.3 Å². The molecule has 2 rings (SSSR count). The Labute approximate surface area is 117 Å². The van der Waals surface area contributed by atoms with Crippen molar-refractivity contribution in [2.45, 2.75) is 38.2 Å². The van der Waals surface area contributed by atoms with Crippen LogP contribution >= 0.6 is 15.9 Å². The van der Waals surface area contributed by atoms with E-state index in [9.17, 15) is 4.39 Å². The minimum Gasteiger partial charge on any atom is -0.378 e. The second-order valence-corrected chi connectivity index (χ2v) is 5.71. The molecule has 18 heavy (non-hydrogen) atoms. The molecule has 0 N–H and O–H groups in total. The van der Waals surface area contributed by atoms with Gasteiger partial charge < -0.3 is 4.74 Å². The van der Waals surface area contributed by atoms with Crippen LogP contribution in [0.3, 0.4) is 0 Å². The van der Waals surface area contributed by atoms with Crippen LogP contribution in [0.4, 0.5) is 4.39 Å². The van der Waals surface area contributed by atoms with Crippen LogP contribution < -0.4 is 0 Å². The van der Waals surface area contributed by atoms with Crippen molar-refractivity contribution >= 4 is 15.9 Å². The molecule has 0 radical (unpaired) electrons. The van der Waals surface area contributed by atoms with E-state index in [1.807, 2.05) is 6.07 Å². The lowest BCUT2D eigenvalue weighted by Gasteiger charge is -2.16. The van der Waals surface area contributed by atoms with Gasteiger partial charge in [-0.25, -0.2) is 4.39 Å². The summed E-state index contributed by atoms with van der Waals surface area (Å²) in [6.07, 6.45) is 6.08. The molecule has 1 saturated heterocycles. The minimum absolute atomic E-state index is 0.139. The third-order valence-corrected chi connectivity index (χ3v) is 4.47. The van der Waals surface area contributed by atoms with Crippen molar-refractivity contribution in [2.24, 2.45) is 5.92 Å².